The van der Waals surface area contributed by atoms with Gasteiger partial charge in [-0.05, 0) is 18.9 Å². The standard InChI is InChI=1S/C11H15NO2/c13-11(8-6-12-7-8)4-1-2-10-9(11)3-5-14-10/h3,5,8,12-13H,1-2,4,6-7H2. The topological polar surface area (TPSA) is 45.4 Å². The third-order valence-corrected chi connectivity index (χ3v) is 3.63. The SMILES string of the molecule is OC1(C2CNC2)CCCc2occc21. The Morgan fingerprint density at radius 3 is 3.07 bits per heavy atom. The zero-order valence-electron chi connectivity index (χ0n) is 8.12. The van der Waals surface area contributed by atoms with Crippen LogP contribution in [0.25, 0.3) is 0 Å². The molecule has 14 heavy (non-hydrogen) atoms. The summed E-state index contributed by atoms with van der Waals surface area (Å²) in [5.41, 5.74) is 0.418. The van der Waals surface area contributed by atoms with Crippen molar-refractivity contribution < 1.29 is 9.52 Å². The summed E-state index contributed by atoms with van der Waals surface area (Å²) >= 11 is 0. The van der Waals surface area contributed by atoms with E-state index in [2.05, 4.69) is 5.32 Å². The van der Waals surface area contributed by atoms with E-state index in [1.54, 1.807) is 6.26 Å². The molecule has 0 amide bonds. The second-order valence-electron chi connectivity index (χ2n) is 4.39. The van der Waals surface area contributed by atoms with Crippen molar-refractivity contribution in [2.45, 2.75) is 24.9 Å². The second-order valence-corrected chi connectivity index (χ2v) is 4.39. The van der Waals surface area contributed by atoms with Gasteiger partial charge in [0.2, 0.25) is 0 Å². The molecule has 2 N–H and O–H groups in total. The number of furan rings is 1. The largest absolute Gasteiger partial charge is 0.469 e. The predicted octanol–water partition coefficient (Wildman–Crippen LogP) is 1.02. The van der Waals surface area contributed by atoms with Gasteiger partial charge in [-0.1, -0.05) is 0 Å². The Labute approximate surface area is 83.1 Å². The van der Waals surface area contributed by atoms with Crippen molar-refractivity contribution in [3.8, 4) is 0 Å². The molecule has 3 nitrogen and oxygen atoms in total. The Morgan fingerprint density at radius 1 is 1.50 bits per heavy atom. The van der Waals surface area contributed by atoms with Crippen molar-refractivity contribution in [2.75, 3.05) is 13.1 Å². The van der Waals surface area contributed by atoms with Gasteiger partial charge in [0.05, 0.1) is 11.9 Å². The predicted molar refractivity (Wildman–Crippen MR) is 51.9 cm³/mol. The van der Waals surface area contributed by atoms with Gasteiger partial charge in [0, 0.05) is 31.0 Å². The van der Waals surface area contributed by atoms with Crippen LogP contribution in [0.3, 0.4) is 0 Å². The van der Waals surface area contributed by atoms with Gasteiger partial charge in [-0.25, -0.2) is 0 Å². The van der Waals surface area contributed by atoms with Gasteiger partial charge in [-0.2, -0.15) is 0 Å². The lowest BCUT2D eigenvalue weighted by molar-refractivity contribution is -0.0598. The van der Waals surface area contributed by atoms with Crippen LogP contribution in [0, 0.1) is 5.92 Å². The molecule has 2 aliphatic rings. The first-order valence-electron chi connectivity index (χ1n) is 5.30. The normalized spacial score (nSPS) is 32.4. The number of rotatable bonds is 1. The van der Waals surface area contributed by atoms with Crippen LogP contribution in [-0.2, 0) is 12.0 Å². The first-order chi connectivity index (χ1) is 6.81. The molecule has 1 aromatic rings. The fourth-order valence-electron chi connectivity index (χ4n) is 2.62. The van der Waals surface area contributed by atoms with Crippen LogP contribution in [0.5, 0.6) is 0 Å². The lowest BCUT2D eigenvalue weighted by atomic mass is 9.72. The van der Waals surface area contributed by atoms with Gasteiger partial charge in [-0.15, -0.1) is 0 Å². The lowest BCUT2D eigenvalue weighted by Crippen LogP contribution is -2.55. The molecular weight excluding hydrogens is 178 g/mol. The van der Waals surface area contributed by atoms with E-state index in [4.69, 9.17) is 4.42 Å². The van der Waals surface area contributed by atoms with Crippen molar-refractivity contribution in [3.05, 3.63) is 23.7 Å². The second kappa shape index (κ2) is 2.84. The maximum atomic E-state index is 10.6. The number of hydrogen-bond acceptors (Lipinski definition) is 3. The highest BCUT2D eigenvalue weighted by Crippen LogP contribution is 2.42. The van der Waals surface area contributed by atoms with E-state index in [1.165, 1.54) is 0 Å². The highest BCUT2D eigenvalue weighted by Gasteiger charge is 2.45. The summed E-state index contributed by atoms with van der Waals surface area (Å²) in [5.74, 6) is 1.37. The van der Waals surface area contributed by atoms with E-state index >= 15 is 0 Å². The molecular formula is C11H15NO2. The molecule has 1 aromatic heterocycles. The van der Waals surface area contributed by atoms with Gasteiger partial charge < -0.3 is 14.8 Å². The molecule has 1 atom stereocenters. The first kappa shape index (κ1) is 8.50. The van der Waals surface area contributed by atoms with Crippen LogP contribution in [-0.4, -0.2) is 18.2 Å². The Morgan fingerprint density at radius 2 is 2.36 bits per heavy atom. The number of aryl methyl sites for hydroxylation is 1. The van der Waals surface area contributed by atoms with Gasteiger partial charge in [0.25, 0.3) is 0 Å². The van der Waals surface area contributed by atoms with E-state index in [1.807, 2.05) is 6.07 Å². The molecule has 3 heteroatoms. The smallest absolute Gasteiger partial charge is 0.109 e. The fourth-order valence-corrected chi connectivity index (χ4v) is 2.62. The highest BCUT2D eigenvalue weighted by molar-refractivity contribution is 5.29. The fraction of sp³-hybridized carbons (Fsp3) is 0.636. The van der Waals surface area contributed by atoms with Crippen LogP contribution < -0.4 is 5.32 Å². The minimum atomic E-state index is -0.619. The maximum absolute atomic E-state index is 10.6. The van der Waals surface area contributed by atoms with Crippen molar-refractivity contribution >= 4 is 0 Å². The molecule has 1 saturated heterocycles. The molecule has 2 heterocycles. The molecule has 1 aliphatic heterocycles. The minimum absolute atomic E-state index is 0.374. The van der Waals surface area contributed by atoms with Crippen molar-refractivity contribution in [1.82, 2.24) is 5.32 Å². The van der Waals surface area contributed by atoms with Crippen LogP contribution in [0.4, 0.5) is 0 Å². The average molecular weight is 193 g/mol. The van der Waals surface area contributed by atoms with E-state index < -0.39 is 5.60 Å². The van der Waals surface area contributed by atoms with E-state index in [9.17, 15) is 5.11 Å². The lowest BCUT2D eigenvalue weighted by Gasteiger charge is -2.43. The molecule has 0 saturated carbocycles. The number of hydrogen-bond donors (Lipinski definition) is 2. The third kappa shape index (κ3) is 0.996. The number of fused-ring (bicyclic) bond motifs is 1. The summed E-state index contributed by atoms with van der Waals surface area (Å²) in [7, 11) is 0. The van der Waals surface area contributed by atoms with Crippen molar-refractivity contribution in [3.63, 3.8) is 0 Å². The highest BCUT2D eigenvalue weighted by atomic mass is 16.3. The first-order valence-corrected chi connectivity index (χ1v) is 5.30. The summed E-state index contributed by atoms with van der Waals surface area (Å²) in [6.45, 7) is 1.86. The summed E-state index contributed by atoms with van der Waals surface area (Å²) in [4.78, 5) is 0. The van der Waals surface area contributed by atoms with E-state index in [-0.39, 0.29) is 0 Å². The van der Waals surface area contributed by atoms with Crippen LogP contribution >= 0.6 is 0 Å². The van der Waals surface area contributed by atoms with Crippen molar-refractivity contribution in [2.24, 2.45) is 5.92 Å². The monoisotopic (exact) mass is 193 g/mol. The van der Waals surface area contributed by atoms with Crippen LogP contribution in [0.2, 0.25) is 0 Å². The maximum Gasteiger partial charge on any atom is 0.109 e. The quantitative estimate of drug-likeness (QED) is 0.700. The Bertz CT molecular complexity index is 343. The van der Waals surface area contributed by atoms with E-state index in [0.29, 0.717) is 5.92 Å². The van der Waals surface area contributed by atoms with Crippen LogP contribution in [0.1, 0.15) is 24.2 Å². The number of nitrogens with one attached hydrogen (secondary N) is 1. The minimum Gasteiger partial charge on any atom is -0.469 e. The molecule has 0 radical (unpaired) electrons. The zero-order valence-corrected chi connectivity index (χ0v) is 8.12. The molecule has 0 spiro atoms. The average Bonchev–Trinajstić information content (AvgIpc) is 2.49. The van der Waals surface area contributed by atoms with Crippen molar-refractivity contribution in [1.29, 1.82) is 0 Å². The van der Waals surface area contributed by atoms with E-state index in [0.717, 1.165) is 43.7 Å². The van der Waals surface area contributed by atoms with Gasteiger partial charge in [0.15, 0.2) is 0 Å². The number of aliphatic hydroxyl groups is 1. The van der Waals surface area contributed by atoms with Gasteiger partial charge in [0.1, 0.15) is 5.76 Å². The summed E-state index contributed by atoms with van der Waals surface area (Å²) in [5, 5.41) is 13.8. The molecule has 1 fully saturated rings. The summed E-state index contributed by atoms with van der Waals surface area (Å²) in [6, 6.07) is 1.94. The zero-order chi connectivity index (χ0) is 9.60. The Balaban J connectivity index is 2.01. The summed E-state index contributed by atoms with van der Waals surface area (Å²) < 4.78 is 5.39. The molecule has 0 bridgehead atoms. The van der Waals surface area contributed by atoms with Gasteiger partial charge in [-0.3, -0.25) is 0 Å². The molecule has 3 rings (SSSR count). The van der Waals surface area contributed by atoms with Gasteiger partial charge >= 0.3 is 0 Å². The molecule has 76 valence electrons. The molecule has 1 unspecified atom stereocenters. The van der Waals surface area contributed by atoms with Crippen LogP contribution in [0.15, 0.2) is 16.7 Å². The summed E-state index contributed by atoms with van der Waals surface area (Å²) in [6.07, 6.45) is 4.59. The molecule has 1 aliphatic carbocycles. The third-order valence-electron chi connectivity index (χ3n) is 3.63. The Hall–Kier alpha value is -0.800. The Kier molecular flexibility index (Phi) is 1.73. The molecule has 0 aromatic carbocycles.